The van der Waals surface area contributed by atoms with Gasteiger partial charge in [-0.05, 0) is 49.7 Å². The Balaban J connectivity index is 1.35. The topological polar surface area (TPSA) is 49.7 Å². The number of alkyl halides is 1. The fourth-order valence-corrected chi connectivity index (χ4v) is 4.89. The van der Waals surface area contributed by atoms with Crippen LogP contribution in [0.15, 0.2) is 30.9 Å². The van der Waals surface area contributed by atoms with Crippen LogP contribution in [0.1, 0.15) is 43.6 Å². The Morgan fingerprint density at radius 3 is 2.70 bits per heavy atom. The molecule has 1 N–H and O–H groups in total. The molecule has 0 aromatic carbocycles. The largest absolute Gasteiger partial charge is 0.346 e. The minimum Gasteiger partial charge on any atom is -0.346 e. The molecule has 4 heterocycles. The van der Waals surface area contributed by atoms with E-state index < -0.39 is 6.17 Å². The lowest BCUT2D eigenvalue weighted by atomic mass is 9.81. The number of fused-ring (bicyclic) bond motifs is 1. The van der Waals surface area contributed by atoms with Gasteiger partial charge in [-0.25, -0.2) is 9.37 Å². The summed E-state index contributed by atoms with van der Waals surface area (Å²) in [5.74, 6) is 0.554. The monoisotopic (exact) mass is 367 g/mol. The lowest BCUT2D eigenvalue weighted by Gasteiger charge is -2.34. The first kappa shape index (κ1) is 16.9. The lowest BCUT2D eigenvalue weighted by Crippen LogP contribution is -2.36. The van der Waals surface area contributed by atoms with Crippen molar-refractivity contribution >= 4 is 11.0 Å². The van der Waals surface area contributed by atoms with Crippen LogP contribution in [0, 0.1) is 0 Å². The Kier molecular flexibility index (Phi) is 4.23. The average molecular weight is 367 g/mol. The highest BCUT2D eigenvalue weighted by molar-refractivity contribution is 5.93. The molecule has 3 aromatic heterocycles. The molecule has 6 heteroatoms. The van der Waals surface area contributed by atoms with Crippen LogP contribution in [0.3, 0.4) is 0 Å². The smallest absolute Gasteiger partial charge is 0.137 e. The Labute approximate surface area is 158 Å². The summed E-state index contributed by atoms with van der Waals surface area (Å²) in [6.45, 7) is 1.57. The first-order valence-corrected chi connectivity index (χ1v) is 10.0. The molecule has 3 aromatic rings. The van der Waals surface area contributed by atoms with E-state index in [0.717, 1.165) is 49.0 Å². The number of hydrogen-bond acceptors (Lipinski definition) is 3. The van der Waals surface area contributed by atoms with Crippen molar-refractivity contribution in [2.75, 3.05) is 13.1 Å². The summed E-state index contributed by atoms with van der Waals surface area (Å²) in [5.41, 5.74) is 4.53. The Hall–Kier alpha value is -2.21. The number of aromatic amines is 1. The number of hydrogen-bond donors (Lipinski definition) is 1. The lowest BCUT2D eigenvalue weighted by molar-refractivity contribution is 0.170. The molecule has 0 amide bonds. The normalized spacial score (nSPS) is 26.8. The van der Waals surface area contributed by atoms with E-state index in [1.54, 1.807) is 0 Å². The zero-order valence-corrected chi connectivity index (χ0v) is 15.7. The number of aryl methyl sites for hydroxylation is 1. The SMILES string of the molecule is Cn1cc(-c2c[nH]c3ncc([C@H]4CC[C@H](N5CC[C@H](F)C5)CC4)cc23)cn1. The van der Waals surface area contributed by atoms with Crippen LogP contribution in [-0.4, -0.2) is 50.0 Å². The van der Waals surface area contributed by atoms with Gasteiger partial charge < -0.3 is 4.98 Å². The molecule has 1 saturated carbocycles. The van der Waals surface area contributed by atoms with E-state index in [-0.39, 0.29) is 0 Å². The third-order valence-corrected chi connectivity index (χ3v) is 6.41. The molecule has 1 saturated heterocycles. The minimum atomic E-state index is -0.617. The van der Waals surface area contributed by atoms with Crippen molar-refractivity contribution in [2.45, 2.75) is 50.2 Å². The van der Waals surface area contributed by atoms with E-state index >= 15 is 0 Å². The second-order valence-electron chi connectivity index (χ2n) is 8.16. The van der Waals surface area contributed by atoms with Gasteiger partial charge in [0.15, 0.2) is 0 Å². The van der Waals surface area contributed by atoms with Crippen LogP contribution in [0.25, 0.3) is 22.2 Å². The van der Waals surface area contributed by atoms with Gasteiger partial charge >= 0.3 is 0 Å². The molecule has 0 unspecified atom stereocenters. The molecule has 0 spiro atoms. The highest BCUT2D eigenvalue weighted by Gasteiger charge is 2.31. The zero-order valence-electron chi connectivity index (χ0n) is 15.7. The van der Waals surface area contributed by atoms with Crippen molar-refractivity contribution in [3.05, 3.63) is 36.4 Å². The van der Waals surface area contributed by atoms with Crippen molar-refractivity contribution in [3.8, 4) is 11.1 Å². The number of likely N-dealkylation sites (tertiary alicyclic amines) is 1. The summed E-state index contributed by atoms with van der Waals surface area (Å²) < 4.78 is 15.3. The predicted molar refractivity (Wildman–Crippen MR) is 104 cm³/mol. The van der Waals surface area contributed by atoms with E-state index in [2.05, 4.69) is 26.0 Å². The molecule has 1 aliphatic heterocycles. The van der Waals surface area contributed by atoms with Gasteiger partial charge in [-0.3, -0.25) is 9.58 Å². The summed E-state index contributed by atoms with van der Waals surface area (Å²) >= 11 is 0. The molecule has 1 atom stereocenters. The van der Waals surface area contributed by atoms with Crippen molar-refractivity contribution in [1.82, 2.24) is 24.6 Å². The average Bonchev–Trinajstić information content (AvgIpc) is 3.41. The molecule has 2 aliphatic rings. The van der Waals surface area contributed by atoms with E-state index in [0.29, 0.717) is 24.9 Å². The van der Waals surface area contributed by atoms with Crippen molar-refractivity contribution < 1.29 is 4.39 Å². The summed E-state index contributed by atoms with van der Waals surface area (Å²) in [5, 5.41) is 5.46. The number of H-pyrrole nitrogens is 1. The molecular weight excluding hydrogens is 341 g/mol. The van der Waals surface area contributed by atoms with Crippen LogP contribution < -0.4 is 0 Å². The van der Waals surface area contributed by atoms with Gasteiger partial charge in [0.2, 0.25) is 0 Å². The van der Waals surface area contributed by atoms with Crippen molar-refractivity contribution in [3.63, 3.8) is 0 Å². The maximum atomic E-state index is 13.5. The Morgan fingerprint density at radius 1 is 1.15 bits per heavy atom. The van der Waals surface area contributed by atoms with Crippen LogP contribution in [-0.2, 0) is 7.05 Å². The standard InChI is InChI=1S/C21H26FN5/c1-26-12-16(10-25-26)20-11-24-21-19(20)8-15(9-23-21)14-2-4-18(5-3-14)27-7-6-17(22)13-27/h8-12,14,17-18H,2-7,13H2,1H3,(H,23,24)/t14-,17-,18-/m0/s1. The van der Waals surface area contributed by atoms with Gasteiger partial charge in [-0.2, -0.15) is 5.10 Å². The number of nitrogens with zero attached hydrogens (tertiary/aromatic N) is 4. The van der Waals surface area contributed by atoms with Crippen molar-refractivity contribution in [1.29, 1.82) is 0 Å². The van der Waals surface area contributed by atoms with Crippen LogP contribution in [0.4, 0.5) is 4.39 Å². The van der Waals surface area contributed by atoms with Crippen LogP contribution >= 0.6 is 0 Å². The number of nitrogens with one attached hydrogen (secondary N) is 1. The molecule has 142 valence electrons. The van der Waals surface area contributed by atoms with Gasteiger partial charge in [-0.1, -0.05) is 0 Å². The summed E-state index contributed by atoms with van der Waals surface area (Å²) in [4.78, 5) is 10.3. The van der Waals surface area contributed by atoms with E-state index in [1.807, 2.05) is 36.5 Å². The molecule has 27 heavy (non-hydrogen) atoms. The second-order valence-corrected chi connectivity index (χ2v) is 8.16. The van der Waals surface area contributed by atoms with Crippen molar-refractivity contribution in [2.24, 2.45) is 7.05 Å². The highest BCUT2D eigenvalue weighted by atomic mass is 19.1. The van der Waals surface area contributed by atoms with Gasteiger partial charge in [0.1, 0.15) is 11.8 Å². The molecule has 2 fully saturated rings. The first-order valence-electron chi connectivity index (χ1n) is 10.0. The van der Waals surface area contributed by atoms with E-state index in [4.69, 9.17) is 0 Å². The third-order valence-electron chi connectivity index (χ3n) is 6.41. The summed E-state index contributed by atoms with van der Waals surface area (Å²) in [6.07, 6.45) is 12.7. The molecule has 5 rings (SSSR count). The second kappa shape index (κ2) is 6.75. The van der Waals surface area contributed by atoms with E-state index in [9.17, 15) is 4.39 Å². The maximum Gasteiger partial charge on any atom is 0.137 e. The number of aromatic nitrogens is 4. The number of pyridine rings is 1. The summed E-state index contributed by atoms with van der Waals surface area (Å²) in [6, 6.07) is 2.87. The highest BCUT2D eigenvalue weighted by Crippen LogP contribution is 2.37. The number of rotatable bonds is 3. The maximum absolute atomic E-state index is 13.5. The minimum absolute atomic E-state index is 0.554. The Morgan fingerprint density at radius 2 is 2.00 bits per heavy atom. The van der Waals surface area contributed by atoms with Gasteiger partial charge in [0.25, 0.3) is 0 Å². The Bertz CT molecular complexity index is 937. The molecule has 1 aliphatic carbocycles. The van der Waals surface area contributed by atoms with Crippen LogP contribution in [0.5, 0.6) is 0 Å². The first-order chi connectivity index (χ1) is 13.2. The number of halogens is 1. The quantitative estimate of drug-likeness (QED) is 0.760. The molecule has 0 bridgehead atoms. The van der Waals surface area contributed by atoms with E-state index in [1.165, 1.54) is 10.9 Å². The van der Waals surface area contributed by atoms with Gasteiger partial charge in [-0.15, -0.1) is 0 Å². The summed E-state index contributed by atoms with van der Waals surface area (Å²) in [7, 11) is 1.94. The van der Waals surface area contributed by atoms with Gasteiger partial charge in [0.05, 0.1) is 6.20 Å². The molecular formula is C21H26FN5. The zero-order chi connectivity index (χ0) is 18.4. The molecule has 5 nitrogen and oxygen atoms in total. The molecule has 0 radical (unpaired) electrons. The van der Waals surface area contributed by atoms with Gasteiger partial charge in [0, 0.05) is 61.3 Å². The third kappa shape index (κ3) is 3.16. The van der Waals surface area contributed by atoms with Crippen LogP contribution in [0.2, 0.25) is 0 Å². The fourth-order valence-electron chi connectivity index (χ4n) is 4.89. The predicted octanol–water partition coefficient (Wildman–Crippen LogP) is 4.03. The fraction of sp³-hybridized carbons (Fsp3) is 0.524.